The molecule has 28 heavy (non-hydrogen) atoms. The highest BCUT2D eigenvalue weighted by atomic mass is 32.1. The van der Waals surface area contributed by atoms with Crippen molar-refractivity contribution in [1.82, 2.24) is 35.4 Å². The fourth-order valence-corrected chi connectivity index (χ4v) is 4.80. The molecule has 1 amide bonds. The molecule has 10 heteroatoms. The number of carbonyl (C=O) groups is 1. The van der Waals surface area contributed by atoms with Gasteiger partial charge < -0.3 is 5.32 Å². The smallest absolute Gasteiger partial charge is 0.242 e. The van der Waals surface area contributed by atoms with Crippen LogP contribution in [0.25, 0.3) is 9.88 Å². The predicted molar refractivity (Wildman–Crippen MR) is 109 cm³/mol. The summed E-state index contributed by atoms with van der Waals surface area (Å²) in [4.78, 5) is 20.4. The van der Waals surface area contributed by atoms with Crippen LogP contribution in [0.5, 0.6) is 0 Å². The van der Waals surface area contributed by atoms with Crippen LogP contribution >= 0.6 is 22.7 Å². The van der Waals surface area contributed by atoms with Crippen molar-refractivity contribution >= 4 is 28.6 Å². The van der Waals surface area contributed by atoms with Crippen molar-refractivity contribution in [2.75, 3.05) is 13.1 Å². The minimum absolute atomic E-state index is 0.119. The number of amides is 1. The lowest BCUT2D eigenvalue weighted by atomic mass is 9.99. The molecule has 0 atom stereocenters. The van der Waals surface area contributed by atoms with Gasteiger partial charge in [-0.1, -0.05) is 13.0 Å². The summed E-state index contributed by atoms with van der Waals surface area (Å²) in [5, 5.41) is 19.8. The van der Waals surface area contributed by atoms with Gasteiger partial charge in [-0.25, -0.2) is 9.67 Å². The van der Waals surface area contributed by atoms with Crippen molar-refractivity contribution in [1.29, 1.82) is 0 Å². The van der Waals surface area contributed by atoms with Gasteiger partial charge in [0.25, 0.3) is 0 Å². The average molecular weight is 418 g/mol. The number of likely N-dealkylation sites (tertiary alicyclic amines) is 1. The Balaban J connectivity index is 1.28. The van der Waals surface area contributed by atoms with Crippen molar-refractivity contribution in [2.24, 2.45) is 5.92 Å². The summed E-state index contributed by atoms with van der Waals surface area (Å²) < 4.78 is 1.59. The molecule has 0 aromatic carbocycles. The van der Waals surface area contributed by atoms with Gasteiger partial charge in [0.15, 0.2) is 5.82 Å². The van der Waals surface area contributed by atoms with Gasteiger partial charge in [0.1, 0.15) is 11.6 Å². The van der Waals surface area contributed by atoms with E-state index in [1.54, 1.807) is 27.4 Å². The van der Waals surface area contributed by atoms with Crippen molar-refractivity contribution < 1.29 is 4.79 Å². The van der Waals surface area contributed by atoms with Crippen molar-refractivity contribution in [3.05, 3.63) is 34.4 Å². The van der Waals surface area contributed by atoms with E-state index < -0.39 is 0 Å². The Kier molecular flexibility index (Phi) is 6.08. The maximum Gasteiger partial charge on any atom is 0.242 e. The summed E-state index contributed by atoms with van der Waals surface area (Å²) in [5.74, 6) is 1.40. The molecule has 1 fully saturated rings. The van der Waals surface area contributed by atoms with Crippen LogP contribution in [0.1, 0.15) is 31.3 Å². The lowest BCUT2D eigenvalue weighted by molar-refractivity contribution is -0.122. The van der Waals surface area contributed by atoms with Gasteiger partial charge in [-0.2, -0.15) is 0 Å². The summed E-state index contributed by atoms with van der Waals surface area (Å²) in [5.41, 5.74) is 0.862. The topological polar surface area (TPSA) is 88.8 Å². The zero-order valence-electron chi connectivity index (χ0n) is 15.7. The number of piperidine rings is 1. The molecule has 3 aromatic heterocycles. The van der Waals surface area contributed by atoms with Crippen LogP contribution in [0, 0.1) is 5.92 Å². The summed E-state index contributed by atoms with van der Waals surface area (Å²) in [6.45, 7) is 5.60. The number of thiophene rings is 1. The molecule has 0 bridgehead atoms. The van der Waals surface area contributed by atoms with Crippen LogP contribution < -0.4 is 5.32 Å². The summed E-state index contributed by atoms with van der Waals surface area (Å²) >= 11 is 3.25. The average Bonchev–Trinajstić information content (AvgIpc) is 3.44. The van der Waals surface area contributed by atoms with E-state index in [0.717, 1.165) is 40.4 Å². The molecule has 8 nitrogen and oxygen atoms in total. The van der Waals surface area contributed by atoms with E-state index in [1.807, 2.05) is 22.9 Å². The third-order valence-corrected chi connectivity index (χ3v) is 6.82. The highest BCUT2D eigenvalue weighted by Crippen LogP contribution is 2.27. The number of nitrogens with one attached hydrogen (secondary N) is 1. The number of aromatic nitrogens is 5. The number of tetrazole rings is 1. The highest BCUT2D eigenvalue weighted by molar-refractivity contribution is 7.20. The number of thiazole rings is 1. The molecule has 1 aliphatic heterocycles. The molecule has 0 radical (unpaired) electrons. The first-order valence-electron chi connectivity index (χ1n) is 9.40. The first-order chi connectivity index (χ1) is 13.7. The summed E-state index contributed by atoms with van der Waals surface area (Å²) in [6, 6.07) is 4.06. The zero-order chi connectivity index (χ0) is 19.3. The Morgan fingerprint density at radius 1 is 1.32 bits per heavy atom. The van der Waals surface area contributed by atoms with Gasteiger partial charge in [0.05, 0.1) is 23.7 Å². The highest BCUT2D eigenvalue weighted by Gasteiger charge is 2.19. The quantitative estimate of drug-likeness (QED) is 0.635. The second kappa shape index (κ2) is 8.89. The summed E-state index contributed by atoms with van der Waals surface area (Å²) in [6.07, 6.45) is 2.40. The van der Waals surface area contributed by atoms with Gasteiger partial charge in [-0.3, -0.25) is 9.69 Å². The van der Waals surface area contributed by atoms with Crippen molar-refractivity contribution in [3.8, 4) is 9.88 Å². The number of hydrogen-bond acceptors (Lipinski definition) is 8. The van der Waals surface area contributed by atoms with E-state index in [1.165, 1.54) is 12.8 Å². The first kappa shape index (κ1) is 19.2. The molecule has 0 unspecified atom stereocenters. The van der Waals surface area contributed by atoms with Crippen LogP contribution in [0.4, 0.5) is 0 Å². The fraction of sp³-hybridized carbons (Fsp3) is 0.500. The lowest BCUT2D eigenvalue weighted by Crippen LogP contribution is -2.34. The Morgan fingerprint density at radius 2 is 2.18 bits per heavy atom. The standard InChI is InChI=1S/C18H23N7OS2/c1-13-4-6-24(7-5-13)10-16-21-22-23-25(16)11-17(26)19-9-14-12-28-18(20-14)15-3-2-8-27-15/h2-3,8,12-13H,4-7,9-11H2,1H3,(H,19,26). The van der Waals surface area contributed by atoms with Gasteiger partial charge in [0.2, 0.25) is 5.91 Å². The summed E-state index contributed by atoms with van der Waals surface area (Å²) in [7, 11) is 0. The number of carbonyl (C=O) groups excluding carboxylic acids is 1. The van der Waals surface area contributed by atoms with Gasteiger partial charge >= 0.3 is 0 Å². The van der Waals surface area contributed by atoms with Crippen molar-refractivity contribution in [3.63, 3.8) is 0 Å². The molecule has 0 aliphatic carbocycles. The third kappa shape index (κ3) is 4.81. The molecule has 1 N–H and O–H groups in total. The van der Waals surface area contributed by atoms with E-state index in [4.69, 9.17) is 0 Å². The minimum Gasteiger partial charge on any atom is -0.349 e. The van der Waals surface area contributed by atoms with E-state index in [0.29, 0.717) is 13.1 Å². The lowest BCUT2D eigenvalue weighted by Gasteiger charge is -2.29. The number of rotatable bonds is 7. The Bertz CT molecular complexity index is 897. The maximum absolute atomic E-state index is 12.3. The predicted octanol–water partition coefficient (Wildman–Crippen LogP) is 2.41. The monoisotopic (exact) mass is 417 g/mol. The third-order valence-electron chi connectivity index (χ3n) is 4.89. The van der Waals surface area contributed by atoms with Crippen molar-refractivity contribution in [2.45, 2.75) is 39.4 Å². The Morgan fingerprint density at radius 3 is 2.96 bits per heavy atom. The first-order valence-corrected chi connectivity index (χ1v) is 11.2. The van der Waals surface area contributed by atoms with E-state index in [2.05, 4.69) is 37.6 Å². The van der Waals surface area contributed by atoms with E-state index in [-0.39, 0.29) is 12.5 Å². The maximum atomic E-state index is 12.3. The van der Waals surface area contributed by atoms with Crippen LogP contribution in [-0.4, -0.2) is 49.1 Å². The Hall–Kier alpha value is -2.17. The van der Waals surface area contributed by atoms with Crippen LogP contribution in [0.2, 0.25) is 0 Å². The van der Waals surface area contributed by atoms with Gasteiger partial charge in [-0.05, 0) is 53.7 Å². The second-order valence-corrected chi connectivity index (χ2v) is 8.92. The fourth-order valence-electron chi connectivity index (χ4n) is 3.16. The largest absolute Gasteiger partial charge is 0.349 e. The minimum atomic E-state index is -0.119. The molecular formula is C18H23N7OS2. The van der Waals surface area contributed by atoms with Gasteiger partial charge in [0, 0.05) is 5.38 Å². The molecule has 148 valence electrons. The van der Waals surface area contributed by atoms with Crippen LogP contribution in [-0.2, 0) is 24.4 Å². The Labute approximate surface area is 171 Å². The molecule has 4 rings (SSSR count). The normalized spacial score (nSPS) is 15.8. The molecule has 0 spiro atoms. The van der Waals surface area contributed by atoms with Gasteiger partial charge in [-0.15, -0.1) is 27.8 Å². The molecular weight excluding hydrogens is 394 g/mol. The SMILES string of the molecule is CC1CCN(Cc2nnnn2CC(=O)NCc2csc(-c3cccs3)n2)CC1. The molecule has 1 saturated heterocycles. The number of hydrogen-bond donors (Lipinski definition) is 1. The van der Waals surface area contributed by atoms with Crippen LogP contribution in [0.3, 0.4) is 0 Å². The molecule has 3 aromatic rings. The van der Waals surface area contributed by atoms with E-state index >= 15 is 0 Å². The van der Waals surface area contributed by atoms with E-state index in [9.17, 15) is 4.79 Å². The molecule has 4 heterocycles. The molecule has 1 aliphatic rings. The molecule has 0 saturated carbocycles. The number of nitrogens with zero attached hydrogens (tertiary/aromatic N) is 6. The van der Waals surface area contributed by atoms with Crippen LogP contribution in [0.15, 0.2) is 22.9 Å². The second-order valence-electron chi connectivity index (χ2n) is 7.11. The zero-order valence-corrected chi connectivity index (χ0v) is 17.4.